The molecule has 0 aliphatic carbocycles. The van der Waals surface area contributed by atoms with E-state index in [0.717, 1.165) is 0 Å². The summed E-state index contributed by atoms with van der Waals surface area (Å²) in [6.45, 7) is 8.74. The fraction of sp³-hybridized carbons (Fsp3) is 0.500. The molecule has 0 amide bonds. The monoisotopic (exact) mass is 186 g/mol. The number of esters is 1. The van der Waals surface area contributed by atoms with E-state index in [2.05, 4.69) is 18.7 Å². The number of carbonyl (C=O) groups excluding carboxylic acids is 1. The largest absolute Gasteiger partial charge is 0.597 e. The topological polar surface area (TPSA) is 64.4 Å². The number of nitrogens with one attached hydrogen (secondary N) is 1. The number of hydrazine groups is 1. The van der Waals surface area contributed by atoms with Crippen molar-refractivity contribution in [3.05, 3.63) is 17.4 Å². The highest BCUT2D eigenvalue weighted by atomic mass is 16.5. The van der Waals surface area contributed by atoms with Crippen LogP contribution in [0.1, 0.15) is 13.3 Å². The molecule has 5 heteroatoms. The van der Waals surface area contributed by atoms with Crippen LogP contribution in [-0.2, 0) is 9.53 Å². The molecular formula is C8H14N2O3. The van der Waals surface area contributed by atoms with Gasteiger partial charge in [0.25, 0.3) is 0 Å². The molecule has 0 aromatic rings. The maximum atomic E-state index is 10.8. The van der Waals surface area contributed by atoms with Gasteiger partial charge in [-0.25, -0.2) is 4.79 Å². The van der Waals surface area contributed by atoms with Crippen molar-refractivity contribution in [1.29, 1.82) is 0 Å². The molecule has 74 valence electrons. The lowest BCUT2D eigenvalue weighted by atomic mass is 10.4. The standard InChI is InChI=1S/C8H14N2O3/c1-7(2)8(11)13-6-4-5-9-10(3)12/h9H,1,3-6H2,2H3. The molecule has 0 aromatic carbocycles. The van der Waals surface area contributed by atoms with Crippen LogP contribution in [0, 0.1) is 5.21 Å². The minimum absolute atomic E-state index is 0.270. The first-order valence-corrected chi connectivity index (χ1v) is 3.88. The molecule has 0 saturated heterocycles. The Hall–Kier alpha value is -1.52. The van der Waals surface area contributed by atoms with Gasteiger partial charge in [-0.2, -0.15) is 5.43 Å². The van der Waals surface area contributed by atoms with Crippen molar-refractivity contribution < 1.29 is 14.4 Å². The van der Waals surface area contributed by atoms with E-state index in [4.69, 9.17) is 4.74 Å². The van der Waals surface area contributed by atoms with E-state index in [-0.39, 0.29) is 6.61 Å². The number of hydrazone groups is 1. The fourth-order valence-electron chi connectivity index (χ4n) is 0.564. The van der Waals surface area contributed by atoms with Gasteiger partial charge in [0.1, 0.15) is 0 Å². The lowest BCUT2D eigenvalue weighted by Gasteiger charge is -2.05. The molecular weight excluding hydrogens is 172 g/mol. The predicted molar refractivity (Wildman–Crippen MR) is 49.1 cm³/mol. The maximum Gasteiger partial charge on any atom is 0.333 e. The molecule has 0 aliphatic rings. The van der Waals surface area contributed by atoms with Gasteiger partial charge in [-0.3, -0.25) is 0 Å². The molecule has 0 unspecified atom stereocenters. The third kappa shape index (κ3) is 6.86. The Kier molecular flexibility index (Phi) is 5.34. The van der Waals surface area contributed by atoms with Crippen LogP contribution in [0.15, 0.2) is 12.2 Å². The van der Waals surface area contributed by atoms with Crippen molar-refractivity contribution in [2.24, 2.45) is 0 Å². The molecule has 13 heavy (non-hydrogen) atoms. The van der Waals surface area contributed by atoms with Gasteiger partial charge < -0.3 is 9.94 Å². The highest BCUT2D eigenvalue weighted by molar-refractivity contribution is 5.86. The second-order valence-electron chi connectivity index (χ2n) is 2.56. The number of carbonyl (C=O) groups is 1. The summed E-state index contributed by atoms with van der Waals surface area (Å²) in [6, 6.07) is 0. The lowest BCUT2D eigenvalue weighted by Crippen LogP contribution is -2.24. The Morgan fingerprint density at radius 3 is 2.77 bits per heavy atom. The van der Waals surface area contributed by atoms with E-state index in [9.17, 15) is 10.0 Å². The zero-order valence-corrected chi connectivity index (χ0v) is 7.71. The van der Waals surface area contributed by atoms with Gasteiger partial charge in [-0.05, 0) is 6.92 Å². The third-order valence-corrected chi connectivity index (χ3v) is 1.19. The van der Waals surface area contributed by atoms with Crippen LogP contribution in [0.3, 0.4) is 0 Å². The maximum absolute atomic E-state index is 10.8. The van der Waals surface area contributed by atoms with Crippen molar-refractivity contribution >= 4 is 12.7 Å². The number of hydrogen-bond donors (Lipinski definition) is 1. The van der Waals surface area contributed by atoms with Crippen LogP contribution >= 0.6 is 0 Å². The van der Waals surface area contributed by atoms with Crippen LogP contribution in [-0.4, -0.2) is 30.7 Å². The minimum Gasteiger partial charge on any atom is -0.597 e. The van der Waals surface area contributed by atoms with Crippen LogP contribution in [0.25, 0.3) is 0 Å². The van der Waals surface area contributed by atoms with Gasteiger partial charge in [0.05, 0.1) is 13.2 Å². The van der Waals surface area contributed by atoms with Gasteiger partial charge in [0, 0.05) is 12.0 Å². The minimum atomic E-state index is -0.409. The van der Waals surface area contributed by atoms with Crippen LogP contribution < -0.4 is 5.43 Å². The first-order valence-electron chi connectivity index (χ1n) is 3.88. The first-order chi connectivity index (χ1) is 6.04. The normalized spacial score (nSPS) is 9.00. The summed E-state index contributed by atoms with van der Waals surface area (Å²) >= 11 is 0. The Morgan fingerprint density at radius 1 is 1.69 bits per heavy atom. The molecule has 0 bridgehead atoms. The van der Waals surface area contributed by atoms with Gasteiger partial charge >= 0.3 is 5.97 Å². The van der Waals surface area contributed by atoms with Gasteiger partial charge in [0.15, 0.2) is 6.72 Å². The van der Waals surface area contributed by atoms with E-state index < -0.39 is 5.97 Å². The molecule has 0 atom stereocenters. The number of rotatable bonds is 6. The molecule has 5 nitrogen and oxygen atoms in total. The van der Waals surface area contributed by atoms with E-state index in [1.807, 2.05) is 0 Å². The zero-order chi connectivity index (χ0) is 10.3. The summed E-state index contributed by atoms with van der Waals surface area (Å²) in [5.74, 6) is -0.409. The first kappa shape index (κ1) is 11.5. The molecule has 0 heterocycles. The summed E-state index contributed by atoms with van der Waals surface area (Å²) in [5, 5.41) is 10.2. The Labute approximate surface area is 77.3 Å². The van der Waals surface area contributed by atoms with Crippen LogP contribution in [0.5, 0.6) is 0 Å². The summed E-state index contributed by atoms with van der Waals surface area (Å²) in [4.78, 5) is 11.2. The molecule has 0 radical (unpaired) electrons. The number of ether oxygens (including phenoxy) is 1. The second kappa shape index (κ2) is 6.05. The SMILES string of the molecule is C=C(C)C(=O)OCCCN[N+](=C)[O-]. The van der Waals surface area contributed by atoms with Crippen molar-refractivity contribution in [3.8, 4) is 0 Å². The summed E-state index contributed by atoms with van der Waals surface area (Å²) in [6.07, 6.45) is 0.563. The average Bonchev–Trinajstić information content (AvgIpc) is 2.02. The Morgan fingerprint density at radius 2 is 2.31 bits per heavy atom. The lowest BCUT2D eigenvalue weighted by molar-refractivity contribution is -0.514. The number of hydrogen-bond acceptors (Lipinski definition) is 4. The number of nitrogens with zero attached hydrogens (tertiary/aromatic N) is 1. The van der Waals surface area contributed by atoms with Crippen molar-refractivity contribution in [2.45, 2.75) is 13.3 Å². The van der Waals surface area contributed by atoms with Crippen molar-refractivity contribution in [2.75, 3.05) is 13.2 Å². The quantitative estimate of drug-likeness (QED) is 0.122. The van der Waals surface area contributed by atoms with E-state index >= 15 is 0 Å². The average molecular weight is 186 g/mol. The zero-order valence-electron chi connectivity index (χ0n) is 7.71. The molecule has 0 aliphatic heterocycles. The smallest absolute Gasteiger partial charge is 0.333 e. The molecule has 1 N–H and O–H groups in total. The summed E-state index contributed by atoms with van der Waals surface area (Å²) < 4.78 is 4.77. The van der Waals surface area contributed by atoms with Crippen molar-refractivity contribution in [3.63, 3.8) is 0 Å². The summed E-state index contributed by atoms with van der Waals surface area (Å²) in [5.41, 5.74) is 2.77. The fourth-order valence-corrected chi connectivity index (χ4v) is 0.564. The van der Waals surface area contributed by atoms with E-state index in [1.54, 1.807) is 6.92 Å². The molecule has 0 rings (SSSR count). The molecule has 0 saturated carbocycles. The van der Waals surface area contributed by atoms with Crippen LogP contribution in [0.2, 0.25) is 0 Å². The Balaban J connectivity index is 3.31. The molecule has 0 fully saturated rings. The second-order valence-corrected chi connectivity index (χ2v) is 2.56. The molecule has 0 spiro atoms. The highest BCUT2D eigenvalue weighted by Crippen LogP contribution is 1.92. The molecule has 0 aromatic heterocycles. The van der Waals surface area contributed by atoms with Gasteiger partial charge in [-0.1, -0.05) is 11.4 Å². The van der Waals surface area contributed by atoms with Crippen LogP contribution in [0.4, 0.5) is 0 Å². The van der Waals surface area contributed by atoms with Gasteiger partial charge in [0.2, 0.25) is 0 Å². The Bertz CT molecular complexity index is 213. The summed E-state index contributed by atoms with van der Waals surface area (Å²) in [7, 11) is 0. The third-order valence-electron chi connectivity index (χ3n) is 1.19. The van der Waals surface area contributed by atoms with E-state index in [0.29, 0.717) is 23.4 Å². The predicted octanol–water partition coefficient (Wildman–Crippen LogP) is 0.211. The van der Waals surface area contributed by atoms with E-state index in [1.165, 1.54) is 0 Å². The highest BCUT2D eigenvalue weighted by Gasteiger charge is 2.01. The van der Waals surface area contributed by atoms with Crippen molar-refractivity contribution in [1.82, 2.24) is 5.43 Å². The van der Waals surface area contributed by atoms with Gasteiger partial charge in [-0.15, -0.1) is 0 Å².